The van der Waals surface area contributed by atoms with Crippen LogP contribution in [0.3, 0.4) is 0 Å². The highest BCUT2D eigenvalue weighted by atomic mass is 15.1. The second-order valence-electron chi connectivity index (χ2n) is 3.92. The molecule has 1 atom stereocenters. The van der Waals surface area contributed by atoms with Gasteiger partial charge in [-0.2, -0.15) is 5.10 Å². The Morgan fingerprint density at radius 3 is 2.47 bits per heavy atom. The average Bonchev–Trinajstić information content (AvgIpc) is 2.82. The van der Waals surface area contributed by atoms with Crippen LogP contribution in [0.5, 0.6) is 0 Å². The largest absolute Gasteiger partial charge is 0.285 e. The van der Waals surface area contributed by atoms with E-state index in [2.05, 4.69) is 48.3 Å². The fraction of sp³-hybridized carbons (Fsp3) is 0.308. The number of aromatic amines is 1. The normalized spacial score (nSPS) is 12.7. The topological polar surface area (TPSA) is 28.7 Å². The first-order valence-corrected chi connectivity index (χ1v) is 5.40. The molecule has 0 bridgehead atoms. The molecule has 0 spiro atoms. The molecule has 1 aromatic heterocycles. The molecule has 0 saturated carbocycles. The monoisotopic (exact) mass is 200 g/mol. The zero-order chi connectivity index (χ0) is 10.7. The quantitative estimate of drug-likeness (QED) is 0.805. The summed E-state index contributed by atoms with van der Waals surface area (Å²) in [6, 6.07) is 8.73. The van der Waals surface area contributed by atoms with Gasteiger partial charge in [-0.25, -0.2) is 0 Å². The van der Waals surface area contributed by atoms with Crippen molar-refractivity contribution in [2.24, 2.45) is 0 Å². The summed E-state index contributed by atoms with van der Waals surface area (Å²) in [5.74, 6) is 0.642. The van der Waals surface area contributed by atoms with Gasteiger partial charge in [-0.1, -0.05) is 38.1 Å². The molecule has 2 nitrogen and oxygen atoms in total. The molecular formula is C13H16N2. The van der Waals surface area contributed by atoms with Gasteiger partial charge < -0.3 is 0 Å². The zero-order valence-electron chi connectivity index (χ0n) is 9.20. The number of nitrogens with zero attached hydrogens (tertiary/aromatic N) is 1. The molecule has 1 aromatic carbocycles. The van der Waals surface area contributed by atoms with Gasteiger partial charge in [0.1, 0.15) is 0 Å². The van der Waals surface area contributed by atoms with Crippen molar-refractivity contribution in [1.82, 2.24) is 10.2 Å². The molecule has 0 fully saturated rings. The molecule has 0 aliphatic heterocycles. The van der Waals surface area contributed by atoms with E-state index in [1.165, 1.54) is 17.5 Å². The molecule has 0 saturated heterocycles. The molecular weight excluding hydrogens is 184 g/mol. The van der Waals surface area contributed by atoms with E-state index in [4.69, 9.17) is 0 Å². The third-order valence-corrected chi connectivity index (χ3v) is 2.92. The Morgan fingerprint density at radius 1 is 1.20 bits per heavy atom. The van der Waals surface area contributed by atoms with Gasteiger partial charge >= 0.3 is 0 Å². The van der Waals surface area contributed by atoms with Crippen LogP contribution in [0, 0.1) is 0 Å². The van der Waals surface area contributed by atoms with E-state index in [1.54, 1.807) is 0 Å². The molecule has 0 aliphatic carbocycles. The van der Waals surface area contributed by atoms with Crippen LogP contribution in [0.25, 0.3) is 11.1 Å². The number of aromatic nitrogens is 2. The first-order valence-electron chi connectivity index (χ1n) is 5.40. The maximum Gasteiger partial charge on any atom is 0.0565 e. The molecule has 0 radical (unpaired) electrons. The van der Waals surface area contributed by atoms with Gasteiger partial charge in [0.25, 0.3) is 0 Å². The first-order chi connectivity index (χ1) is 7.31. The summed E-state index contributed by atoms with van der Waals surface area (Å²) in [4.78, 5) is 0. The Kier molecular flexibility index (Phi) is 2.86. The number of nitrogens with one attached hydrogen (secondary N) is 1. The smallest absolute Gasteiger partial charge is 0.0565 e. The van der Waals surface area contributed by atoms with E-state index in [0.717, 1.165) is 5.56 Å². The molecule has 0 aliphatic rings. The van der Waals surface area contributed by atoms with E-state index in [-0.39, 0.29) is 0 Å². The fourth-order valence-corrected chi connectivity index (χ4v) is 1.65. The molecule has 1 unspecified atom stereocenters. The molecule has 2 rings (SSSR count). The van der Waals surface area contributed by atoms with Crippen molar-refractivity contribution >= 4 is 0 Å². The zero-order valence-corrected chi connectivity index (χ0v) is 9.20. The van der Waals surface area contributed by atoms with Gasteiger partial charge in [0.2, 0.25) is 0 Å². The lowest BCUT2D eigenvalue weighted by atomic mass is 9.97. The maximum atomic E-state index is 3.95. The van der Waals surface area contributed by atoms with Crippen LogP contribution in [-0.2, 0) is 0 Å². The third-order valence-electron chi connectivity index (χ3n) is 2.92. The van der Waals surface area contributed by atoms with Crippen molar-refractivity contribution in [2.75, 3.05) is 0 Å². The molecule has 1 heterocycles. The highest BCUT2D eigenvalue weighted by molar-refractivity contribution is 5.61. The summed E-state index contributed by atoms with van der Waals surface area (Å²) in [6.45, 7) is 4.47. The lowest BCUT2D eigenvalue weighted by Gasteiger charge is -2.08. The highest BCUT2D eigenvalue weighted by Crippen LogP contribution is 2.23. The minimum Gasteiger partial charge on any atom is -0.285 e. The molecule has 15 heavy (non-hydrogen) atoms. The summed E-state index contributed by atoms with van der Waals surface area (Å²) < 4.78 is 0. The lowest BCUT2D eigenvalue weighted by Crippen LogP contribution is -1.90. The van der Waals surface area contributed by atoms with Crippen LogP contribution in [-0.4, -0.2) is 10.2 Å². The third kappa shape index (κ3) is 2.09. The van der Waals surface area contributed by atoms with E-state index < -0.39 is 0 Å². The SMILES string of the molecule is CCC(C)c1ccc(-c2cn[nH]c2)cc1. The van der Waals surface area contributed by atoms with Gasteiger partial charge in [0, 0.05) is 11.8 Å². The van der Waals surface area contributed by atoms with Gasteiger partial charge in [0.15, 0.2) is 0 Å². The van der Waals surface area contributed by atoms with Crippen LogP contribution < -0.4 is 0 Å². The van der Waals surface area contributed by atoms with Gasteiger partial charge in [-0.3, -0.25) is 5.10 Å². The lowest BCUT2D eigenvalue weighted by molar-refractivity contribution is 0.734. The first kappa shape index (κ1) is 9.97. The second-order valence-corrected chi connectivity index (χ2v) is 3.92. The Morgan fingerprint density at radius 2 is 1.93 bits per heavy atom. The number of hydrogen-bond donors (Lipinski definition) is 1. The maximum absolute atomic E-state index is 3.95. The summed E-state index contributed by atoms with van der Waals surface area (Å²) in [6.07, 6.45) is 4.95. The number of hydrogen-bond acceptors (Lipinski definition) is 1. The minimum atomic E-state index is 0.642. The van der Waals surface area contributed by atoms with Crippen molar-refractivity contribution in [3.63, 3.8) is 0 Å². The van der Waals surface area contributed by atoms with Crippen molar-refractivity contribution in [1.29, 1.82) is 0 Å². The van der Waals surface area contributed by atoms with Crippen LogP contribution in [0.15, 0.2) is 36.7 Å². The second kappa shape index (κ2) is 4.30. The van der Waals surface area contributed by atoms with Gasteiger partial charge in [0.05, 0.1) is 6.20 Å². The van der Waals surface area contributed by atoms with Crippen molar-refractivity contribution in [2.45, 2.75) is 26.2 Å². The summed E-state index contributed by atoms with van der Waals surface area (Å²) in [5.41, 5.74) is 3.77. The fourth-order valence-electron chi connectivity index (χ4n) is 1.65. The highest BCUT2D eigenvalue weighted by Gasteiger charge is 2.03. The number of H-pyrrole nitrogens is 1. The summed E-state index contributed by atoms with van der Waals surface area (Å²) in [5, 5.41) is 6.77. The van der Waals surface area contributed by atoms with Gasteiger partial charge in [-0.15, -0.1) is 0 Å². The Hall–Kier alpha value is -1.57. The Balaban J connectivity index is 2.25. The summed E-state index contributed by atoms with van der Waals surface area (Å²) >= 11 is 0. The van der Waals surface area contributed by atoms with Crippen LogP contribution >= 0.6 is 0 Å². The molecule has 1 N–H and O–H groups in total. The molecule has 2 aromatic rings. The molecule has 78 valence electrons. The summed E-state index contributed by atoms with van der Waals surface area (Å²) in [7, 11) is 0. The van der Waals surface area contributed by atoms with Crippen LogP contribution in [0.1, 0.15) is 31.7 Å². The molecule has 0 amide bonds. The number of rotatable bonds is 3. The van der Waals surface area contributed by atoms with Gasteiger partial charge in [-0.05, 0) is 23.5 Å². The van der Waals surface area contributed by atoms with E-state index in [0.29, 0.717) is 5.92 Å². The average molecular weight is 200 g/mol. The number of benzene rings is 1. The predicted octanol–water partition coefficient (Wildman–Crippen LogP) is 3.59. The van der Waals surface area contributed by atoms with Crippen LogP contribution in [0.2, 0.25) is 0 Å². The Labute approximate surface area is 90.3 Å². The predicted molar refractivity (Wildman–Crippen MR) is 62.7 cm³/mol. The molecule has 2 heteroatoms. The van der Waals surface area contributed by atoms with Crippen molar-refractivity contribution in [3.05, 3.63) is 42.2 Å². The standard InChI is InChI=1S/C13H16N2/c1-3-10(2)11-4-6-12(7-5-11)13-8-14-15-9-13/h4-10H,3H2,1-2H3,(H,14,15). The minimum absolute atomic E-state index is 0.642. The van der Waals surface area contributed by atoms with Crippen molar-refractivity contribution < 1.29 is 0 Å². The van der Waals surface area contributed by atoms with Crippen molar-refractivity contribution in [3.8, 4) is 11.1 Å². The van der Waals surface area contributed by atoms with E-state index in [1.807, 2.05) is 12.4 Å². The van der Waals surface area contributed by atoms with Crippen LogP contribution in [0.4, 0.5) is 0 Å². The Bertz CT molecular complexity index is 401. The van der Waals surface area contributed by atoms with E-state index >= 15 is 0 Å². The van der Waals surface area contributed by atoms with E-state index in [9.17, 15) is 0 Å².